The van der Waals surface area contributed by atoms with Crippen LogP contribution >= 0.6 is 0 Å². The number of fused-ring (bicyclic) bond motifs is 1. The number of nitrogens with one attached hydrogen (secondary N) is 1. The van der Waals surface area contributed by atoms with Gasteiger partial charge in [-0.25, -0.2) is 0 Å². The SMILES string of the molecule is Cc1cc(C2CCCN2C(=O)CCc2n[nH]c3c2CCCC3)on1. The Bertz CT molecular complexity index is 733. The Morgan fingerprint density at radius 2 is 2.25 bits per heavy atom. The van der Waals surface area contributed by atoms with E-state index in [0.717, 1.165) is 55.8 Å². The summed E-state index contributed by atoms with van der Waals surface area (Å²) in [5.41, 5.74) is 4.59. The summed E-state index contributed by atoms with van der Waals surface area (Å²) in [5.74, 6) is 1.01. The maximum Gasteiger partial charge on any atom is 0.223 e. The van der Waals surface area contributed by atoms with E-state index in [9.17, 15) is 4.79 Å². The Morgan fingerprint density at radius 1 is 1.38 bits per heavy atom. The van der Waals surface area contributed by atoms with Gasteiger partial charge in [0.1, 0.15) is 0 Å². The Balaban J connectivity index is 1.41. The van der Waals surface area contributed by atoms with E-state index in [1.165, 1.54) is 24.1 Å². The molecule has 6 heteroatoms. The third-order valence-corrected chi connectivity index (χ3v) is 5.27. The summed E-state index contributed by atoms with van der Waals surface area (Å²) in [7, 11) is 0. The van der Waals surface area contributed by atoms with Crippen LogP contribution in [0.15, 0.2) is 10.6 Å². The number of H-pyrrole nitrogens is 1. The van der Waals surface area contributed by atoms with E-state index in [1.54, 1.807) is 0 Å². The molecule has 0 aromatic carbocycles. The molecular weight excluding hydrogens is 304 g/mol. The van der Waals surface area contributed by atoms with Crippen molar-refractivity contribution in [1.82, 2.24) is 20.3 Å². The average Bonchev–Trinajstić information content (AvgIpc) is 3.31. The third-order valence-electron chi connectivity index (χ3n) is 5.27. The molecule has 1 aliphatic carbocycles. The van der Waals surface area contributed by atoms with Crippen molar-refractivity contribution < 1.29 is 9.32 Å². The zero-order valence-corrected chi connectivity index (χ0v) is 14.2. The van der Waals surface area contributed by atoms with Gasteiger partial charge < -0.3 is 9.42 Å². The van der Waals surface area contributed by atoms with Gasteiger partial charge in [0.05, 0.1) is 17.4 Å². The van der Waals surface area contributed by atoms with E-state index < -0.39 is 0 Å². The van der Waals surface area contributed by atoms with Crippen LogP contribution in [0.2, 0.25) is 0 Å². The Labute approximate surface area is 141 Å². The molecule has 2 aliphatic rings. The summed E-state index contributed by atoms with van der Waals surface area (Å²) in [6, 6.07) is 1.99. The first-order valence-corrected chi connectivity index (χ1v) is 9.00. The highest BCUT2D eigenvalue weighted by Crippen LogP contribution is 2.33. The summed E-state index contributed by atoms with van der Waals surface area (Å²) in [5, 5.41) is 11.6. The molecule has 6 nitrogen and oxygen atoms in total. The maximum absolute atomic E-state index is 12.7. The molecule has 1 fully saturated rings. The van der Waals surface area contributed by atoms with E-state index >= 15 is 0 Å². The van der Waals surface area contributed by atoms with Crippen LogP contribution < -0.4 is 0 Å². The summed E-state index contributed by atoms with van der Waals surface area (Å²) < 4.78 is 5.39. The smallest absolute Gasteiger partial charge is 0.223 e. The van der Waals surface area contributed by atoms with Crippen molar-refractivity contribution in [3.63, 3.8) is 0 Å². The number of aromatic amines is 1. The number of aryl methyl sites for hydroxylation is 3. The molecule has 1 saturated heterocycles. The van der Waals surface area contributed by atoms with E-state index in [4.69, 9.17) is 4.52 Å². The first-order chi connectivity index (χ1) is 11.7. The topological polar surface area (TPSA) is 75.0 Å². The first kappa shape index (κ1) is 15.4. The molecule has 128 valence electrons. The molecule has 3 heterocycles. The number of nitrogens with zero attached hydrogens (tertiary/aromatic N) is 3. The Morgan fingerprint density at radius 3 is 3.08 bits per heavy atom. The minimum atomic E-state index is 0.0480. The number of hydrogen-bond donors (Lipinski definition) is 1. The molecular formula is C18H24N4O2. The molecule has 1 aliphatic heterocycles. The summed E-state index contributed by atoms with van der Waals surface area (Å²) >= 11 is 0. The van der Waals surface area contributed by atoms with Gasteiger partial charge in [-0.15, -0.1) is 0 Å². The van der Waals surface area contributed by atoms with Crippen LogP contribution in [0, 0.1) is 6.92 Å². The van der Waals surface area contributed by atoms with E-state index in [2.05, 4.69) is 15.4 Å². The highest BCUT2D eigenvalue weighted by Gasteiger charge is 2.32. The second kappa shape index (κ2) is 6.42. The Hall–Kier alpha value is -2.11. The maximum atomic E-state index is 12.7. The van der Waals surface area contributed by atoms with Crippen molar-refractivity contribution in [3.8, 4) is 0 Å². The van der Waals surface area contributed by atoms with Crippen LogP contribution in [0.25, 0.3) is 0 Å². The number of carbonyl (C=O) groups excluding carboxylic acids is 1. The number of hydrogen-bond acceptors (Lipinski definition) is 4. The minimum absolute atomic E-state index is 0.0480. The predicted octanol–water partition coefficient (Wildman–Crippen LogP) is 2.88. The van der Waals surface area contributed by atoms with Gasteiger partial charge in [0.2, 0.25) is 5.91 Å². The monoisotopic (exact) mass is 328 g/mol. The molecule has 1 amide bonds. The van der Waals surface area contributed by atoms with E-state index in [-0.39, 0.29) is 11.9 Å². The number of amides is 1. The fourth-order valence-electron chi connectivity index (χ4n) is 4.03. The van der Waals surface area contributed by atoms with Crippen LogP contribution in [0.5, 0.6) is 0 Å². The summed E-state index contributed by atoms with van der Waals surface area (Å²) in [4.78, 5) is 14.7. The molecule has 0 spiro atoms. The molecule has 24 heavy (non-hydrogen) atoms. The molecule has 0 bridgehead atoms. The minimum Gasteiger partial charge on any atom is -0.359 e. The van der Waals surface area contributed by atoms with Gasteiger partial charge in [-0.2, -0.15) is 5.10 Å². The number of likely N-dealkylation sites (tertiary alicyclic amines) is 1. The van der Waals surface area contributed by atoms with E-state index in [0.29, 0.717) is 6.42 Å². The fourth-order valence-corrected chi connectivity index (χ4v) is 4.03. The van der Waals surface area contributed by atoms with Crippen LogP contribution in [0.4, 0.5) is 0 Å². The van der Waals surface area contributed by atoms with Crippen molar-refractivity contribution in [1.29, 1.82) is 0 Å². The lowest BCUT2D eigenvalue weighted by molar-refractivity contribution is -0.132. The number of aromatic nitrogens is 3. The highest BCUT2D eigenvalue weighted by atomic mass is 16.5. The molecule has 2 aromatic heterocycles. The number of rotatable bonds is 4. The van der Waals surface area contributed by atoms with Crippen LogP contribution in [-0.2, 0) is 24.1 Å². The molecule has 0 radical (unpaired) electrons. The molecule has 1 N–H and O–H groups in total. The Kier molecular flexibility index (Phi) is 4.12. The first-order valence-electron chi connectivity index (χ1n) is 9.00. The molecule has 1 atom stereocenters. The zero-order chi connectivity index (χ0) is 16.5. The molecule has 1 unspecified atom stereocenters. The van der Waals surface area contributed by atoms with Gasteiger partial charge in [0.25, 0.3) is 0 Å². The molecule has 0 saturated carbocycles. The summed E-state index contributed by atoms with van der Waals surface area (Å²) in [6.07, 6.45) is 7.87. The second-order valence-corrected chi connectivity index (χ2v) is 6.95. The van der Waals surface area contributed by atoms with Crippen LogP contribution in [0.1, 0.15) is 66.6 Å². The van der Waals surface area contributed by atoms with E-state index in [1.807, 2.05) is 17.9 Å². The summed E-state index contributed by atoms with van der Waals surface area (Å²) in [6.45, 7) is 2.72. The van der Waals surface area contributed by atoms with Gasteiger partial charge in [-0.1, -0.05) is 5.16 Å². The van der Waals surface area contributed by atoms with Gasteiger partial charge in [0, 0.05) is 31.1 Å². The largest absolute Gasteiger partial charge is 0.359 e. The predicted molar refractivity (Wildman–Crippen MR) is 88.5 cm³/mol. The standard InChI is InChI=1S/C18H24N4O2/c1-12-11-17(24-21-12)16-7-4-10-22(16)18(23)9-8-15-13-5-2-3-6-14(13)19-20-15/h11,16H,2-10H2,1H3,(H,19,20). The van der Waals surface area contributed by atoms with Crippen molar-refractivity contribution in [3.05, 3.63) is 34.5 Å². The lowest BCUT2D eigenvalue weighted by atomic mass is 9.94. The molecule has 2 aromatic rings. The van der Waals surface area contributed by atoms with Crippen molar-refractivity contribution in [2.75, 3.05) is 6.54 Å². The van der Waals surface area contributed by atoms with Crippen LogP contribution in [-0.4, -0.2) is 32.7 Å². The zero-order valence-electron chi connectivity index (χ0n) is 14.2. The van der Waals surface area contributed by atoms with Gasteiger partial charge >= 0.3 is 0 Å². The van der Waals surface area contributed by atoms with Gasteiger partial charge in [-0.05, 0) is 51.0 Å². The normalized spacial score (nSPS) is 20.4. The lowest BCUT2D eigenvalue weighted by Gasteiger charge is -2.22. The highest BCUT2D eigenvalue weighted by molar-refractivity contribution is 5.77. The van der Waals surface area contributed by atoms with Crippen LogP contribution in [0.3, 0.4) is 0 Å². The quantitative estimate of drug-likeness (QED) is 0.936. The second-order valence-electron chi connectivity index (χ2n) is 6.95. The average molecular weight is 328 g/mol. The van der Waals surface area contributed by atoms with Crippen molar-refractivity contribution in [2.45, 2.75) is 64.3 Å². The third kappa shape index (κ3) is 2.85. The molecule has 4 rings (SSSR count). The van der Waals surface area contributed by atoms with Gasteiger partial charge in [0.15, 0.2) is 5.76 Å². The fraction of sp³-hybridized carbons (Fsp3) is 0.611. The van der Waals surface area contributed by atoms with Gasteiger partial charge in [-0.3, -0.25) is 9.89 Å². The van der Waals surface area contributed by atoms with Crippen molar-refractivity contribution in [2.24, 2.45) is 0 Å². The number of carbonyl (C=O) groups is 1. The lowest BCUT2D eigenvalue weighted by Crippen LogP contribution is -2.30. The van der Waals surface area contributed by atoms with Crippen molar-refractivity contribution >= 4 is 5.91 Å².